The van der Waals surface area contributed by atoms with Gasteiger partial charge in [0.15, 0.2) is 0 Å². The van der Waals surface area contributed by atoms with Gasteiger partial charge in [-0.15, -0.1) is 5.10 Å². The van der Waals surface area contributed by atoms with E-state index in [0.29, 0.717) is 23.3 Å². The van der Waals surface area contributed by atoms with Crippen molar-refractivity contribution in [3.63, 3.8) is 0 Å². The fraction of sp³-hybridized carbons (Fsp3) is 0.263. The van der Waals surface area contributed by atoms with Crippen molar-refractivity contribution >= 4 is 34.2 Å². The maximum absolute atomic E-state index is 13.9. The zero-order valence-corrected chi connectivity index (χ0v) is 14.7. The van der Waals surface area contributed by atoms with E-state index < -0.39 is 5.82 Å². The molecule has 1 saturated carbocycles. The first-order chi connectivity index (χ1) is 13.0. The van der Waals surface area contributed by atoms with Crippen molar-refractivity contribution in [2.75, 3.05) is 10.6 Å². The lowest BCUT2D eigenvalue weighted by Crippen LogP contribution is -2.16. The smallest absolute Gasteiger partial charge is 0.255 e. The van der Waals surface area contributed by atoms with E-state index in [9.17, 15) is 14.0 Å². The molecule has 0 unspecified atom stereocenters. The lowest BCUT2D eigenvalue weighted by molar-refractivity contribution is -0.117. The van der Waals surface area contributed by atoms with E-state index in [-0.39, 0.29) is 23.4 Å². The quantitative estimate of drug-likeness (QED) is 0.725. The average Bonchev–Trinajstić information content (AvgIpc) is 3.44. The Balaban J connectivity index is 1.52. The van der Waals surface area contributed by atoms with Gasteiger partial charge in [0.25, 0.3) is 5.91 Å². The Hall–Kier alpha value is -3.29. The number of aryl methyl sites for hydroxylation is 1. The van der Waals surface area contributed by atoms with Crippen LogP contribution in [0.2, 0.25) is 0 Å². The maximum Gasteiger partial charge on any atom is 0.255 e. The van der Waals surface area contributed by atoms with Crippen LogP contribution in [-0.2, 0) is 11.3 Å². The summed E-state index contributed by atoms with van der Waals surface area (Å²) in [7, 11) is 0. The normalized spacial score (nSPS) is 13.6. The van der Waals surface area contributed by atoms with Crippen molar-refractivity contribution in [3.05, 3.63) is 47.8 Å². The van der Waals surface area contributed by atoms with Crippen LogP contribution in [0.4, 0.5) is 15.8 Å². The Morgan fingerprint density at radius 2 is 2.00 bits per heavy atom. The summed E-state index contributed by atoms with van der Waals surface area (Å²) < 4.78 is 15.7. The molecule has 1 aromatic heterocycles. The van der Waals surface area contributed by atoms with Gasteiger partial charge in [-0.3, -0.25) is 9.59 Å². The van der Waals surface area contributed by atoms with Crippen molar-refractivity contribution in [2.24, 2.45) is 5.92 Å². The molecule has 0 radical (unpaired) electrons. The third kappa shape index (κ3) is 3.51. The fourth-order valence-corrected chi connectivity index (χ4v) is 2.83. The standard InChI is InChI=1S/C19H18FN5O2/c1-2-25-17-8-5-12(9-16(17)23-24-25)19(27)21-13-6-7-14(20)15(10-13)22-18(26)11-3-4-11/h5-11H,2-4H2,1H3,(H,21,27)(H,22,26). The highest BCUT2D eigenvalue weighted by molar-refractivity contribution is 6.06. The summed E-state index contributed by atoms with van der Waals surface area (Å²) in [4.78, 5) is 24.4. The summed E-state index contributed by atoms with van der Waals surface area (Å²) in [6, 6.07) is 9.22. The van der Waals surface area contributed by atoms with Crippen molar-refractivity contribution < 1.29 is 14.0 Å². The molecule has 1 fully saturated rings. The lowest BCUT2D eigenvalue weighted by atomic mass is 10.1. The minimum absolute atomic E-state index is 0.0362. The Labute approximate surface area is 154 Å². The molecule has 27 heavy (non-hydrogen) atoms. The van der Waals surface area contributed by atoms with Gasteiger partial charge in [-0.25, -0.2) is 9.07 Å². The van der Waals surface area contributed by atoms with Crippen LogP contribution in [0.5, 0.6) is 0 Å². The highest BCUT2D eigenvalue weighted by Gasteiger charge is 2.30. The van der Waals surface area contributed by atoms with Crippen LogP contribution in [0.15, 0.2) is 36.4 Å². The molecule has 2 amide bonds. The molecular weight excluding hydrogens is 349 g/mol. The SMILES string of the molecule is CCn1nnc2cc(C(=O)Nc3ccc(F)c(NC(=O)C4CC4)c3)ccc21. The Morgan fingerprint density at radius 3 is 2.74 bits per heavy atom. The number of hydrogen-bond donors (Lipinski definition) is 2. The highest BCUT2D eigenvalue weighted by atomic mass is 19.1. The molecule has 0 atom stereocenters. The van der Waals surface area contributed by atoms with Gasteiger partial charge in [0.1, 0.15) is 11.3 Å². The maximum atomic E-state index is 13.9. The van der Waals surface area contributed by atoms with Gasteiger partial charge in [0.2, 0.25) is 5.91 Å². The zero-order valence-electron chi connectivity index (χ0n) is 14.7. The molecule has 4 rings (SSSR count). The van der Waals surface area contributed by atoms with Crippen molar-refractivity contribution in [3.8, 4) is 0 Å². The van der Waals surface area contributed by atoms with E-state index in [2.05, 4.69) is 20.9 Å². The molecule has 8 heteroatoms. The number of anilines is 2. The van der Waals surface area contributed by atoms with Crippen LogP contribution in [0, 0.1) is 11.7 Å². The largest absolute Gasteiger partial charge is 0.323 e. The molecule has 3 aromatic rings. The lowest BCUT2D eigenvalue weighted by Gasteiger charge is -2.10. The molecule has 0 bridgehead atoms. The number of nitrogens with zero attached hydrogens (tertiary/aromatic N) is 3. The Morgan fingerprint density at radius 1 is 1.19 bits per heavy atom. The monoisotopic (exact) mass is 367 g/mol. The van der Waals surface area contributed by atoms with Gasteiger partial charge >= 0.3 is 0 Å². The molecule has 2 aromatic carbocycles. The van der Waals surface area contributed by atoms with E-state index in [4.69, 9.17) is 0 Å². The zero-order chi connectivity index (χ0) is 19.0. The van der Waals surface area contributed by atoms with E-state index in [1.54, 1.807) is 22.9 Å². The molecule has 0 aliphatic heterocycles. The fourth-order valence-electron chi connectivity index (χ4n) is 2.83. The molecule has 138 valence electrons. The molecule has 7 nitrogen and oxygen atoms in total. The first-order valence-corrected chi connectivity index (χ1v) is 8.80. The predicted molar refractivity (Wildman–Crippen MR) is 98.9 cm³/mol. The molecule has 2 N–H and O–H groups in total. The Kier molecular flexibility index (Phi) is 4.31. The van der Waals surface area contributed by atoms with Gasteiger partial charge in [-0.05, 0) is 56.2 Å². The summed E-state index contributed by atoms with van der Waals surface area (Å²) in [5, 5.41) is 13.4. The molecular formula is C19H18FN5O2. The van der Waals surface area contributed by atoms with E-state index in [0.717, 1.165) is 18.4 Å². The highest BCUT2D eigenvalue weighted by Crippen LogP contribution is 2.31. The number of fused-ring (bicyclic) bond motifs is 1. The predicted octanol–water partition coefficient (Wildman–Crippen LogP) is 3.19. The number of amides is 2. The Bertz CT molecular complexity index is 1040. The van der Waals surface area contributed by atoms with Crippen LogP contribution in [0.3, 0.4) is 0 Å². The second-order valence-electron chi connectivity index (χ2n) is 6.52. The number of halogens is 1. The van der Waals surface area contributed by atoms with Crippen LogP contribution >= 0.6 is 0 Å². The summed E-state index contributed by atoms with van der Waals surface area (Å²) in [5.74, 6) is -1.12. The van der Waals surface area contributed by atoms with Gasteiger partial charge in [-0.2, -0.15) is 0 Å². The minimum Gasteiger partial charge on any atom is -0.323 e. The van der Waals surface area contributed by atoms with Crippen molar-refractivity contribution in [1.29, 1.82) is 0 Å². The number of benzene rings is 2. The second-order valence-corrected chi connectivity index (χ2v) is 6.52. The second kappa shape index (κ2) is 6.79. The van der Waals surface area contributed by atoms with Crippen molar-refractivity contribution in [1.82, 2.24) is 15.0 Å². The molecule has 1 heterocycles. The number of carbonyl (C=O) groups is 2. The number of aromatic nitrogens is 3. The summed E-state index contributed by atoms with van der Waals surface area (Å²) >= 11 is 0. The summed E-state index contributed by atoms with van der Waals surface area (Å²) in [6.07, 6.45) is 1.66. The first kappa shape index (κ1) is 17.1. The molecule has 1 aliphatic rings. The number of rotatable bonds is 5. The minimum atomic E-state index is -0.542. The third-order valence-corrected chi connectivity index (χ3v) is 4.51. The van der Waals surface area contributed by atoms with Crippen LogP contribution in [0.25, 0.3) is 11.0 Å². The molecule has 0 spiro atoms. The van der Waals surface area contributed by atoms with Crippen LogP contribution < -0.4 is 10.6 Å². The molecule has 0 saturated heterocycles. The summed E-state index contributed by atoms with van der Waals surface area (Å²) in [5.41, 5.74) is 2.34. The van der Waals surface area contributed by atoms with Crippen molar-refractivity contribution in [2.45, 2.75) is 26.3 Å². The third-order valence-electron chi connectivity index (χ3n) is 4.51. The molecule has 1 aliphatic carbocycles. The van der Waals surface area contributed by atoms with Gasteiger partial charge < -0.3 is 10.6 Å². The number of nitrogens with one attached hydrogen (secondary N) is 2. The first-order valence-electron chi connectivity index (χ1n) is 8.80. The van der Waals surface area contributed by atoms with Crippen LogP contribution in [0.1, 0.15) is 30.1 Å². The summed E-state index contributed by atoms with van der Waals surface area (Å²) in [6.45, 7) is 2.65. The van der Waals surface area contributed by atoms with Gasteiger partial charge in [-0.1, -0.05) is 5.21 Å². The van der Waals surface area contributed by atoms with E-state index >= 15 is 0 Å². The number of hydrogen-bond acceptors (Lipinski definition) is 4. The topological polar surface area (TPSA) is 88.9 Å². The average molecular weight is 367 g/mol. The van der Waals surface area contributed by atoms with E-state index in [1.807, 2.05) is 6.92 Å². The number of carbonyl (C=O) groups excluding carboxylic acids is 2. The van der Waals surface area contributed by atoms with Gasteiger partial charge in [0, 0.05) is 23.7 Å². The van der Waals surface area contributed by atoms with Crippen LogP contribution in [-0.4, -0.2) is 26.8 Å². The van der Waals surface area contributed by atoms with E-state index in [1.165, 1.54) is 18.2 Å². The van der Waals surface area contributed by atoms with Gasteiger partial charge in [0.05, 0.1) is 11.2 Å².